The molecule has 1 N–H and O–H groups in total. The zero-order valence-electron chi connectivity index (χ0n) is 12.9. The van der Waals surface area contributed by atoms with Gasteiger partial charge in [0.1, 0.15) is 15.6 Å². The summed E-state index contributed by atoms with van der Waals surface area (Å²) in [5.74, 6) is -0.528. The summed E-state index contributed by atoms with van der Waals surface area (Å²) >= 11 is 2.82. The van der Waals surface area contributed by atoms with Crippen LogP contribution < -0.4 is 0 Å². The topological polar surface area (TPSA) is 63.1 Å². The fraction of sp³-hybridized carbons (Fsp3) is 0.533. The van der Waals surface area contributed by atoms with Gasteiger partial charge in [0.05, 0.1) is 10.7 Å². The molecule has 0 aliphatic rings. The van der Waals surface area contributed by atoms with E-state index in [0.29, 0.717) is 27.9 Å². The van der Waals surface area contributed by atoms with E-state index in [1.807, 2.05) is 5.38 Å². The van der Waals surface area contributed by atoms with E-state index >= 15 is 0 Å². The van der Waals surface area contributed by atoms with Gasteiger partial charge in [-0.25, -0.2) is 14.8 Å². The summed E-state index contributed by atoms with van der Waals surface area (Å²) in [6.45, 7) is 10.5. The highest BCUT2D eigenvalue weighted by Gasteiger charge is 2.22. The predicted octanol–water partition coefficient (Wildman–Crippen LogP) is 4.46. The molecule has 2 aromatic heterocycles. The van der Waals surface area contributed by atoms with Gasteiger partial charge in [0.15, 0.2) is 0 Å². The van der Waals surface area contributed by atoms with Crippen molar-refractivity contribution >= 4 is 28.6 Å². The van der Waals surface area contributed by atoms with Crippen molar-refractivity contribution < 1.29 is 9.90 Å². The molecule has 0 spiro atoms. The predicted molar refractivity (Wildman–Crippen MR) is 87.4 cm³/mol. The summed E-state index contributed by atoms with van der Waals surface area (Å²) in [6.07, 6.45) is 0.675. The second-order valence-corrected chi connectivity index (χ2v) is 8.34. The third-order valence-corrected chi connectivity index (χ3v) is 5.23. The van der Waals surface area contributed by atoms with Gasteiger partial charge in [-0.15, -0.1) is 22.7 Å². The maximum atomic E-state index is 11.4. The molecule has 0 aromatic carbocycles. The molecule has 0 saturated carbocycles. The average Bonchev–Trinajstić information content (AvgIpc) is 2.92. The fourth-order valence-electron chi connectivity index (χ4n) is 1.87. The molecule has 0 unspecified atom stereocenters. The molecule has 0 saturated heterocycles. The number of aromatic carboxylic acids is 1. The molecule has 0 fully saturated rings. The van der Waals surface area contributed by atoms with Gasteiger partial charge in [-0.3, -0.25) is 0 Å². The molecular formula is C15H20N2O2S2. The zero-order valence-corrected chi connectivity index (χ0v) is 14.6. The Morgan fingerprint density at radius 3 is 2.48 bits per heavy atom. The largest absolute Gasteiger partial charge is 0.477 e. The van der Waals surface area contributed by atoms with E-state index in [0.717, 1.165) is 10.7 Å². The van der Waals surface area contributed by atoms with Gasteiger partial charge in [-0.2, -0.15) is 0 Å². The van der Waals surface area contributed by atoms with Gasteiger partial charge >= 0.3 is 5.97 Å². The van der Waals surface area contributed by atoms with Crippen LogP contribution in [-0.4, -0.2) is 21.0 Å². The molecular weight excluding hydrogens is 304 g/mol. The molecule has 114 valence electrons. The molecule has 0 aliphatic heterocycles. The van der Waals surface area contributed by atoms with Crippen LogP contribution in [0.2, 0.25) is 0 Å². The van der Waals surface area contributed by atoms with Crippen LogP contribution in [0, 0.1) is 5.92 Å². The van der Waals surface area contributed by atoms with Gasteiger partial charge in [-0.1, -0.05) is 34.6 Å². The number of carboxylic acid groups (broad SMARTS) is 1. The zero-order chi connectivity index (χ0) is 15.8. The van der Waals surface area contributed by atoms with Crippen LogP contribution in [-0.2, 0) is 11.8 Å². The van der Waals surface area contributed by atoms with Crippen LogP contribution >= 0.6 is 22.7 Å². The smallest absolute Gasteiger partial charge is 0.347 e. The Balaban J connectivity index is 2.40. The van der Waals surface area contributed by atoms with Gasteiger partial charge in [0.2, 0.25) is 0 Å². The number of aromatic nitrogens is 2. The third kappa shape index (κ3) is 3.68. The van der Waals surface area contributed by atoms with Crippen molar-refractivity contribution in [2.75, 3.05) is 0 Å². The number of rotatable bonds is 4. The monoisotopic (exact) mass is 324 g/mol. The summed E-state index contributed by atoms with van der Waals surface area (Å²) < 4.78 is 0. The van der Waals surface area contributed by atoms with Crippen molar-refractivity contribution in [2.24, 2.45) is 5.92 Å². The lowest BCUT2D eigenvalue weighted by molar-refractivity contribution is 0.0700. The molecule has 21 heavy (non-hydrogen) atoms. The van der Waals surface area contributed by atoms with Crippen molar-refractivity contribution in [3.63, 3.8) is 0 Å². The quantitative estimate of drug-likeness (QED) is 0.902. The first-order chi connectivity index (χ1) is 9.68. The first kappa shape index (κ1) is 16.1. The standard InChI is InChI=1S/C15H20N2O2S2/c1-8(2)6-9-11(13(18)19)21-12(16-9)10-7-20-14(17-10)15(3,4)5/h7-8H,6H2,1-5H3,(H,18,19). The molecule has 2 heterocycles. The van der Waals surface area contributed by atoms with E-state index in [1.54, 1.807) is 11.3 Å². The van der Waals surface area contributed by atoms with Crippen molar-refractivity contribution in [1.82, 2.24) is 9.97 Å². The van der Waals surface area contributed by atoms with Crippen molar-refractivity contribution in [3.8, 4) is 10.7 Å². The van der Waals surface area contributed by atoms with Crippen LogP contribution in [0.3, 0.4) is 0 Å². The number of nitrogens with zero attached hydrogens (tertiary/aromatic N) is 2. The van der Waals surface area contributed by atoms with Crippen LogP contribution in [0.15, 0.2) is 5.38 Å². The Morgan fingerprint density at radius 2 is 2.00 bits per heavy atom. The van der Waals surface area contributed by atoms with Gasteiger partial charge < -0.3 is 5.11 Å². The van der Waals surface area contributed by atoms with E-state index in [9.17, 15) is 9.90 Å². The number of carboxylic acids is 1. The molecule has 6 heteroatoms. The molecule has 0 aliphatic carbocycles. The van der Waals surface area contributed by atoms with E-state index in [4.69, 9.17) is 0 Å². The summed E-state index contributed by atoms with van der Waals surface area (Å²) in [4.78, 5) is 20.8. The Bertz CT molecular complexity index is 651. The first-order valence-electron chi connectivity index (χ1n) is 6.88. The molecule has 0 radical (unpaired) electrons. The van der Waals surface area contributed by atoms with E-state index in [1.165, 1.54) is 11.3 Å². The second kappa shape index (κ2) is 5.85. The highest BCUT2D eigenvalue weighted by atomic mass is 32.1. The second-order valence-electron chi connectivity index (χ2n) is 6.49. The van der Waals surface area contributed by atoms with Crippen LogP contribution in [0.5, 0.6) is 0 Å². The lowest BCUT2D eigenvalue weighted by Crippen LogP contribution is -2.10. The molecule has 4 nitrogen and oxygen atoms in total. The molecule has 0 bridgehead atoms. The fourth-order valence-corrected chi connectivity index (χ4v) is 3.73. The summed E-state index contributed by atoms with van der Waals surface area (Å²) in [5, 5.41) is 13.0. The van der Waals surface area contributed by atoms with E-state index < -0.39 is 5.97 Å². The third-order valence-electron chi connectivity index (χ3n) is 2.86. The van der Waals surface area contributed by atoms with Crippen LogP contribution in [0.1, 0.15) is 55.0 Å². The Morgan fingerprint density at radius 1 is 1.33 bits per heavy atom. The molecule has 2 rings (SSSR count). The van der Waals surface area contributed by atoms with Crippen LogP contribution in [0.25, 0.3) is 10.7 Å². The number of hydrogen-bond acceptors (Lipinski definition) is 5. The molecule has 2 aromatic rings. The minimum absolute atomic E-state index is 0.00341. The summed E-state index contributed by atoms with van der Waals surface area (Å²) in [7, 11) is 0. The van der Waals surface area contributed by atoms with E-state index in [2.05, 4.69) is 44.6 Å². The Hall–Kier alpha value is -1.27. The number of thiazole rings is 2. The highest BCUT2D eigenvalue weighted by molar-refractivity contribution is 7.17. The maximum absolute atomic E-state index is 11.4. The SMILES string of the molecule is CC(C)Cc1nc(-c2csc(C(C)(C)C)n2)sc1C(=O)O. The Kier molecular flexibility index (Phi) is 4.49. The minimum atomic E-state index is -0.902. The lowest BCUT2D eigenvalue weighted by Gasteiger charge is -2.13. The Labute approximate surface area is 132 Å². The first-order valence-corrected chi connectivity index (χ1v) is 8.57. The lowest BCUT2D eigenvalue weighted by atomic mass is 9.98. The molecule has 0 atom stereocenters. The van der Waals surface area contributed by atoms with Crippen LogP contribution in [0.4, 0.5) is 0 Å². The minimum Gasteiger partial charge on any atom is -0.477 e. The van der Waals surface area contributed by atoms with Crippen molar-refractivity contribution in [1.29, 1.82) is 0 Å². The van der Waals surface area contributed by atoms with Gasteiger partial charge in [0.25, 0.3) is 0 Å². The highest BCUT2D eigenvalue weighted by Crippen LogP contribution is 2.33. The van der Waals surface area contributed by atoms with Gasteiger partial charge in [-0.05, 0) is 12.3 Å². The number of hydrogen-bond donors (Lipinski definition) is 1. The van der Waals surface area contributed by atoms with E-state index in [-0.39, 0.29) is 5.41 Å². The maximum Gasteiger partial charge on any atom is 0.347 e. The summed E-state index contributed by atoms with van der Waals surface area (Å²) in [5.41, 5.74) is 1.45. The summed E-state index contributed by atoms with van der Waals surface area (Å²) in [6, 6.07) is 0. The molecule has 0 amide bonds. The van der Waals surface area contributed by atoms with Gasteiger partial charge in [0, 0.05) is 10.8 Å². The van der Waals surface area contributed by atoms with Crippen molar-refractivity contribution in [3.05, 3.63) is 21.0 Å². The normalized spacial score (nSPS) is 12.1. The van der Waals surface area contributed by atoms with Crippen molar-refractivity contribution in [2.45, 2.75) is 46.5 Å². The number of carbonyl (C=O) groups is 1. The average molecular weight is 324 g/mol.